The van der Waals surface area contributed by atoms with Crippen LogP contribution < -0.4 is 10.7 Å². The molecule has 0 aliphatic carbocycles. The molecule has 0 aliphatic rings. The van der Waals surface area contributed by atoms with Crippen molar-refractivity contribution in [3.8, 4) is 5.75 Å². The molecule has 0 bridgehead atoms. The van der Waals surface area contributed by atoms with Gasteiger partial charge in [-0.2, -0.15) is 0 Å². The number of carbonyl (C=O) groups is 1. The quantitative estimate of drug-likeness (QED) is 0.741. The number of hydrogen-bond acceptors (Lipinski definition) is 3. The normalized spacial score (nSPS) is 12.0. The maximum atomic E-state index is 12.1. The standard InChI is InChI=1S/C16H21N3O2/c1-11(17-14-6-4-5-7-15(14)20)10-16(21)18-19-12(2)8-9-13(19)3/h4-9,11,17,20H,10H2,1-3H3,(H,18,21). The number of para-hydroxylation sites is 2. The third kappa shape index (κ3) is 3.78. The van der Waals surface area contributed by atoms with Crippen LogP contribution in [-0.2, 0) is 4.79 Å². The molecule has 112 valence electrons. The molecule has 1 unspecified atom stereocenters. The monoisotopic (exact) mass is 287 g/mol. The number of carbonyl (C=O) groups excluding carboxylic acids is 1. The number of aromatic hydroxyl groups is 1. The van der Waals surface area contributed by atoms with E-state index in [-0.39, 0.29) is 17.7 Å². The van der Waals surface area contributed by atoms with Crippen molar-refractivity contribution in [2.24, 2.45) is 0 Å². The smallest absolute Gasteiger partial charge is 0.240 e. The van der Waals surface area contributed by atoms with Crippen LogP contribution >= 0.6 is 0 Å². The lowest BCUT2D eigenvalue weighted by atomic mass is 10.2. The fourth-order valence-corrected chi connectivity index (χ4v) is 2.21. The van der Waals surface area contributed by atoms with Crippen molar-refractivity contribution in [2.45, 2.75) is 33.2 Å². The summed E-state index contributed by atoms with van der Waals surface area (Å²) in [5, 5.41) is 12.8. The highest BCUT2D eigenvalue weighted by atomic mass is 16.3. The van der Waals surface area contributed by atoms with E-state index in [2.05, 4.69) is 10.7 Å². The van der Waals surface area contributed by atoms with Gasteiger partial charge in [-0.05, 0) is 45.0 Å². The number of nitrogens with zero attached hydrogens (tertiary/aromatic N) is 1. The van der Waals surface area contributed by atoms with Gasteiger partial charge in [0, 0.05) is 23.9 Å². The molecule has 1 aromatic carbocycles. The summed E-state index contributed by atoms with van der Waals surface area (Å²) >= 11 is 0. The van der Waals surface area contributed by atoms with Gasteiger partial charge in [-0.3, -0.25) is 14.9 Å². The predicted octanol–water partition coefficient (Wildman–Crippen LogP) is 2.77. The summed E-state index contributed by atoms with van der Waals surface area (Å²) in [4.78, 5) is 12.1. The lowest BCUT2D eigenvalue weighted by molar-refractivity contribution is -0.117. The Labute approximate surface area is 124 Å². The summed E-state index contributed by atoms with van der Waals surface area (Å²) in [5.41, 5.74) is 5.47. The first kappa shape index (κ1) is 15.0. The van der Waals surface area contributed by atoms with Gasteiger partial charge in [0.1, 0.15) is 5.75 Å². The molecule has 5 nitrogen and oxygen atoms in total. The van der Waals surface area contributed by atoms with Gasteiger partial charge in [-0.25, -0.2) is 0 Å². The molecular weight excluding hydrogens is 266 g/mol. The molecular formula is C16H21N3O2. The summed E-state index contributed by atoms with van der Waals surface area (Å²) in [6.45, 7) is 5.79. The van der Waals surface area contributed by atoms with Gasteiger partial charge >= 0.3 is 0 Å². The second-order valence-electron chi connectivity index (χ2n) is 5.25. The van der Waals surface area contributed by atoms with E-state index in [1.807, 2.05) is 39.0 Å². The van der Waals surface area contributed by atoms with E-state index in [1.165, 1.54) is 0 Å². The van der Waals surface area contributed by atoms with Crippen LogP contribution in [0.3, 0.4) is 0 Å². The van der Waals surface area contributed by atoms with Crippen LogP contribution in [0.25, 0.3) is 0 Å². The Bertz CT molecular complexity index is 615. The van der Waals surface area contributed by atoms with Gasteiger partial charge in [0.05, 0.1) is 5.69 Å². The van der Waals surface area contributed by atoms with Crippen LogP contribution in [0.4, 0.5) is 5.69 Å². The zero-order valence-corrected chi connectivity index (χ0v) is 12.6. The fraction of sp³-hybridized carbons (Fsp3) is 0.312. The van der Waals surface area contributed by atoms with E-state index in [0.717, 1.165) is 11.4 Å². The number of rotatable bonds is 5. The van der Waals surface area contributed by atoms with Gasteiger partial charge in [0.2, 0.25) is 5.91 Å². The van der Waals surface area contributed by atoms with Crippen molar-refractivity contribution in [2.75, 3.05) is 10.7 Å². The van der Waals surface area contributed by atoms with Crippen LogP contribution in [0.1, 0.15) is 24.7 Å². The molecule has 0 aliphatic heterocycles. The number of aromatic nitrogens is 1. The third-order valence-electron chi connectivity index (χ3n) is 3.31. The molecule has 1 atom stereocenters. The summed E-state index contributed by atoms with van der Waals surface area (Å²) < 4.78 is 1.77. The average molecular weight is 287 g/mol. The van der Waals surface area contributed by atoms with E-state index < -0.39 is 0 Å². The van der Waals surface area contributed by atoms with Crippen molar-refractivity contribution in [1.82, 2.24) is 4.68 Å². The maximum absolute atomic E-state index is 12.1. The Balaban J connectivity index is 1.92. The van der Waals surface area contributed by atoms with Crippen molar-refractivity contribution in [1.29, 1.82) is 0 Å². The molecule has 0 fully saturated rings. The highest BCUT2D eigenvalue weighted by Gasteiger charge is 2.12. The molecule has 0 saturated carbocycles. The topological polar surface area (TPSA) is 66.3 Å². The minimum Gasteiger partial charge on any atom is -0.506 e. The maximum Gasteiger partial charge on any atom is 0.240 e. The van der Waals surface area contributed by atoms with Crippen molar-refractivity contribution >= 4 is 11.6 Å². The number of aryl methyl sites for hydroxylation is 2. The number of amides is 1. The molecule has 1 heterocycles. The first-order valence-corrected chi connectivity index (χ1v) is 6.96. The molecule has 0 radical (unpaired) electrons. The SMILES string of the molecule is Cc1ccc(C)n1NC(=O)CC(C)Nc1ccccc1O. The number of benzene rings is 1. The van der Waals surface area contributed by atoms with E-state index in [9.17, 15) is 9.90 Å². The Morgan fingerprint density at radius 2 is 1.81 bits per heavy atom. The second kappa shape index (κ2) is 6.35. The van der Waals surface area contributed by atoms with Crippen LogP contribution in [0.5, 0.6) is 5.75 Å². The predicted molar refractivity (Wildman–Crippen MR) is 84.1 cm³/mol. The summed E-state index contributed by atoms with van der Waals surface area (Å²) in [5.74, 6) is 0.106. The minimum atomic E-state index is -0.0884. The van der Waals surface area contributed by atoms with Gasteiger partial charge in [0.15, 0.2) is 0 Å². The van der Waals surface area contributed by atoms with Gasteiger partial charge in [-0.1, -0.05) is 12.1 Å². The fourth-order valence-electron chi connectivity index (χ4n) is 2.21. The molecule has 0 saturated heterocycles. The molecule has 1 amide bonds. The molecule has 0 spiro atoms. The molecule has 21 heavy (non-hydrogen) atoms. The lowest BCUT2D eigenvalue weighted by Gasteiger charge is -2.17. The molecule has 2 rings (SSSR count). The molecule has 3 N–H and O–H groups in total. The van der Waals surface area contributed by atoms with Crippen LogP contribution in [0.2, 0.25) is 0 Å². The highest BCUT2D eigenvalue weighted by molar-refractivity contribution is 5.84. The Morgan fingerprint density at radius 1 is 1.19 bits per heavy atom. The lowest BCUT2D eigenvalue weighted by Crippen LogP contribution is -2.29. The summed E-state index contributed by atoms with van der Waals surface area (Å²) in [6.07, 6.45) is 0.311. The van der Waals surface area contributed by atoms with Crippen molar-refractivity contribution in [3.05, 3.63) is 47.8 Å². The van der Waals surface area contributed by atoms with Crippen LogP contribution in [-0.4, -0.2) is 21.7 Å². The van der Waals surface area contributed by atoms with Crippen LogP contribution in [0.15, 0.2) is 36.4 Å². The number of anilines is 1. The van der Waals surface area contributed by atoms with E-state index in [1.54, 1.807) is 22.9 Å². The van der Waals surface area contributed by atoms with E-state index in [0.29, 0.717) is 12.1 Å². The largest absolute Gasteiger partial charge is 0.506 e. The van der Waals surface area contributed by atoms with Gasteiger partial charge in [-0.15, -0.1) is 0 Å². The first-order chi connectivity index (χ1) is 9.97. The van der Waals surface area contributed by atoms with Gasteiger partial charge < -0.3 is 10.4 Å². The summed E-state index contributed by atoms with van der Waals surface area (Å²) in [7, 11) is 0. The van der Waals surface area contributed by atoms with Crippen molar-refractivity contribution < 1.29 is 9.90 Å². The van der Waals surface area contributed by atoms with Gasteiger partial charge in [0.25, 0.3) is 0 Å². The van der Waals surface area contributed by atoms with E-state index in [4.69, 9.17) is 0 Å². The molecule has 2 aromatic rings. The third-order valence-corrected chi connectivity index (χ3v) is 3.31. The number of nitrogens with one attached hydrogen (secondary N) is 2. The number of hydrogen-bond donors (Lipinski definition) is 3. The summed E-state index contributed by atoms with van der Waals surface area (Å²) in [6, 6.07) is 10.8. The zero-order chi connectivity index (χ0) is 15.4. The minimum absolute atomic E-state index is 0.0761. The Hall–Kier alpha value is -2.43. The first-order valence-electron chi connectivity index (χ1n) is 6.96. The molecule has 1 aromatic heterocycles. The zero-order valence-electron chi connectivity index (χ0n) is 12.6. The average Bonchev–Trinajstić information content (AvgIpc) is 2.73. The van der Waals surface area contributed by atoms with Crippen LogP contribution in [0, 0.1) is 13.8 Å². The number of phenolic OH excluding ortho intramolecular Hbond substituents is 1. The number of phenols is 1. The Morgan fingerprint density at radius 3 is 2.43 bits per heavy atom. The van der Waals surface area contributed by atoms with Crippen molar-refractivity contribution in [3.63, 3.8) is 0 Å². The highest BCUT2D eigenvalue weighted by Crippen LogP contribution is 2.22. The second-order valence-corrected chi connectivity index (χ2v) is 5.25. The Kier molecular flexibility index (Phi) is 4.52. The van der Waals surface area contributed by atoms with E-state index >= 15 is 0 Å². The molecule has 5 heteroatoms.